The van der Waals surface area contributed by atoms with E-state index in [1.807, 2.05) is 31.2 Å². The lowest BCUT2D eigenvalue weighted by Crippen LogP contribution is -2.38. The number of carbonyl (C=O) groups excluding carboxylic acids is 1. The predicted molar refractivity (Wildman–Crippen MR) is 117 cm³/mol. The zero-order valence-corrected chi connectivity index (χ0v) is 18.1. The van der Waals surface area contributed by atoms with Crippen molar-refractivity contribution >= 4 is 33.4 Å². The number of hydrogen-bond donors (Lipinski definition) is 1. The van der Waals surface area contributed by atoms with Crippen LogP contribution in [0.4, 0.5) is 5.69 Å². The number of nitrogens with one attached hydrogen (secondary N) is 1. The highest BCUT2D eigenvalue weighted by atomic mass is 32.2. The number of hydrogen-bond acceptors (Lipinski definition) is 4. The summed E-state index contributed by atoms with van der Waals surface area (Å²) in [5.74, 6) is 0.438. The molecule has 2 aromatic rings. The summed E-state index contributed by atoms with van der Waals surface area (Å²) >= 11 is 1.60. The van der Waals surface area contributed by atoms with E-state index in [4.69, 9.17) is 0 Å². The Kier molecular flexibility index (Phi) is 5.99. The SMILES string of the molecule is C[C@H]1CC(=O)Nc2cc(S(=O)(=O)N3CCC(Cc4ccccc4)CC3)ccc2S1. The summed E-state index contributed by atoms with van der Waals surface area (Å²) in [5, 5.41) is 3.03. The van der Waals surface area contributed by atoms with Gasteiger partial charge in [-0.1, -0.05) is 37.3 Å². The maximum absolute atomic E-state index is 13.2. The molecular weight excluding hydrogens is 404 g/mol. The second-order valence-electron chi connectivity index (χ2n) is 7.88. The number of carbonyl (C=O) groups is 1. The normalized spacial score (nSPS) is 21.3. The van der Waals surface area contributed by atoms with E-state index in [2.05, 4.69) is 17.4 Å². The third-order valence-electron chi connectivity index (χ3n) is 5.60. The van der Waals surface area contributed by atoms with Crippen LogP contribution in [0.3, 0.4) is 0 Å². The number of thioether (sulfide) groups is 1. The molecule has 0 radical (unpaired) electrons. The number of fused-ring (bicyclic) bond motifs is 1. The first-order valence-electron chi connectivity index (χ1n) is 10.1. The number of amides is 1. The maximum atomic E-state index is 13.2. The van der Waals surface area contributed by atoms with Gasteiger partial charge in [0.2, 0.25) is 15.9 Å². The molecule has 1 fully saturated rings. The third-order valence-corrected chi connectivity index (χ3v) is 8.68. The molecule has 1 atom stereocenters. The van der Waals surface area contributed by atoms with Gasteiger partial charge in [-0.3, -0.25) is 4.79 Å². The van der Waals surface area contributed by atoms with Crippen molar-refractivity contribution in [1.29, 1.82) is 0 Å². The molecule has 1 N–H and O–H groups in total. The fourth-order valence-electron chi connectivity index (χ4n) is 4.04. The summed E-state index contributed by atoms with van der Waals surface area (Å²) in [4.78, 5) is 13.2. The van der Waals surface area contributed by atoms with Crippen LogP contribution >= 0.6 is 11.8 Å². The van der Waals surface area contributed by atoms with Crippen molar-refractivity contribution < 1.29 is 13.2 Å². The minimum absolute atomic E-state index is 0.0694. The molecule has 0 aromatic heterocycles. The summed E-state index contributed by atoms with van der Waals surface area (Å²) in [6.45, 7) is 3.08. The summed E-state index contributed by atoms with van der Waals surface area (Å²) < 4.78 is 27.9. The Morgan fingerprint density at radius 3 is 2.55 bits per heavy atom. The molecule has 154 valence electrons. The average molecular weight is 431 g/mol. The summed E-state index contributed by atoms with van der Waals surface area (Å²) in [7, 11) is -3.56. The number of sulfonamides is 1. The molecule has 7 heteroatoms. The maximum Gasteiger partial charge on any atom is 0.243 e. The van der Waals surface area contributed by atoms with E-state index in [9.17, 15) is 13.2 Å². The highest BCUT2D eigenvalue weighted by Gasteiger charge is 2.30. The van der Waals surface area contributed by atoms with Crippen LogP contribution < -0.4 is 5.32 Å². The molecule has 2 aromatic carbocycles. The van der Waals surface area contributed by atoms with Crippen LogP contribution in [0.1, 0.15) is 31.7 Å². The summed E-state index contributed by atoms with van der Waals surface area (Å²) in [6.07, 6.45) is 3.15. The van der Waals surface area contributed by atoms with Crippen LogP contribution in [0, 0.1) is 5.92 Å². The Bertz CT molecular complexity index is 984. The molecule has 0 saturated carbocycles. The Morgan fingerprint density at radius 1 is 1.10 bits per heavy atom. The van der Waals surface area contributed by atoms with Crippen LogP contribution in [0.15, 0.2) is 58.3 Å². The van der Waals surface area contributed by atoms with Crippen LogP contribution in [0.2, 0.25) is 0 Å². The molecule has 0 bridgehead atoms. The van der Waals surface area contributed by atoms with Gasteiger partial charge in [0, 0.05) is 29.7 Å². The van der Waals surface area contributed by atoms with Crippen molar-refractivity contribution in [2.45, 2.75) is 47.6 Å². The molecule has 2 aliphatic rings. The fraction of sp³-hybridized carbons (Fsp3) is 0.409. The zero-order chi connectivity index (χ0) is 20.4. The van der Waals surface area contributed by atoms with Gasteiger partial charge in [-0.2, -0.15) is 4.31 Å². The molecule has 0 spiro atoms. The van der Waals surface area contributed by atoms with Gasteiger partial charge in [0.1, 0.15) is 0 Å². The molecule has 1 amide bonds. The zero-order valence-electron chi connectivity index (χ0n) is 16.5. The Hall–Kier alpha value is -1.83. The molecule has 2 aliphatic heterocycles. The van der Waals surface area contributed by atoms with E-state index >= 15 is 0 Å². The number of benzene rings is 2. The van der Waals surface area contributed by atoms with Gasteiger partial charge in [0.05, 0.1) is 10.6 Å². The van der Waals surface area contributed by atoms with Crippen molar-refractivity contribution in [2.24, 2.45) is 5.92 Å². The van der Waals surface area contributed by atoms with Gasteiger partial charge in [0.15, 0.2) is 0 Å². The van der Waals surface area contributed by atoms with Gasteiger partial charge in [-0.05, 0) is 48.9 Å². The number of anilines is 1. The Balaban J connectivity index is 1.46. The Morgan fingerprint density at radius 2 is 1.83 bits per heavy atom. The van der Waals surface area contributed by atoms with E-state index in [1.54, 1.807) is 28.2 Å². The molecule has 4 rings (SSSR count). The Labute approximate surface area is 176 Å². The second-order valence-corrected chi connectivity index (χ2v) is 11.3. The molecule has 1 saturated heterocycles. The first kappa shape index (κ1) is 20.4. The standard InChI is InChI=1S/C22H26N2O3S2/c1-16-13-22(25)23-20-15-19(7-8-21(20)28-16)29(26,27)24-11-9-18(10-12-24)14-17-5-3-2-4-6-17/h2-8,15-16,18H,9-14H2,1H3,(H,23,25)/t16-/m0/s1. The monoisotopic (exact) mass is 430 g/mol. The minimum atomic E-state index is -3.56. The van der Waals surface area contributed by atoms with Crippen LogP contribution in [-0.4, -0.2) is 37.0 Å². The molecule has 5 nitrogen and oxygen atoms in total. The van der Waals surface area contributed by atoms with Crippen molar-refractivity contribution in [3.8, 4) is 0 Å². The van der Waals surface area contributed by atoms with Gasteiger partial charge in [-0.15, -0.1) is 11.8 Å². The minimum Gasteiger partial charge on any atom is -0.325 e. The fourth-order valence-corrected chi connectivity index (χ4v) is 6.59. The molecular formula is C22H26N2O3S2. The lowest BCUT2D eigenvalue weighted by atomic mass is 9.91. The van der Waals surface area contributed by atoms with Gasteiger partial charge >= 0.3 is 0 Å². The van der Waals surface area contributed by atoms with Gasteiger partial charge in [0.25, 0.3) is 0 Å². The van der Waals surface area contributed by atoms with E-state index in [0.29, 0.717) is 31.1 Å². The molecule has 0 aliphatic carbocycles. The quantitative estimate of drug-likeness (QED) is 0.791. The highest BCUT2D eigenvalue weighted by Crippen LogP contribution is 2.37. The largest absolute Gasteiger partial charge is 0.325 e. The highest BCUT2D eigenvalue weighted by molar-refractivity contribution is 8.00. The second kappa shape index (κ2) is 8.50. The summed E-state index contributed by atoms with van der Waals surface area (Å²) in [5.41, 5.74) is 1.91. The van der Waals surface area contributed by atoms with Gasteiger partial charge in [-0.25, -0.2) is 8.42 Å². The number of rotatable bonds is 4. The number of nitrogens with zero attached hydrogens (tertiary/aromatic N) is 1. The predicted octanol–water partition coefficient (Wildman–Crippen LogP) is 4.15. The smallest absolute Gasteiger partial charge is 0.243 e. The summed E-state index contributed by atoms with van der Waals surface area (Å²) in [6, 6.07) is 15.5. The van der Waals surface area contributed by atoms with Crippen LogP contribution in [0.25, 0.3) is 0 Å². The average Bonchev–Trinajstić information content (AvgIpc) is 2.84. The molecule has 0 unspecified atom stereocenters. The van der Waals surface area contributed by atoms with Crippen molar-refractivity contribution in [3.05, 3.63) is 54.1 Å². The van der Waals surface area contributed by atoms with E-state index in [1.165, 1.54) is 5.56 Å². The first-order chi connectivity index (χ1) is 13.9. The third kappa shape index (κ3) is 4.68. The molecule has 29 heavy (non-hydrogen) atoms. The lowest BCUT2D eigenvalue weighted by Gasteiger charge is -2.31. The van der Waals surface area contributed by atoms with E-state index in [0.717, 1.165) is 24.2 Å². The van der Waals surface area contributed by atoms with E-state index in [-0.39, 0.29) is 16.1 Å². The number of piperidine rings is 1. The topological polar surface area (TPSA) is 66.5 Å². The van der Waals surface area contributed by atoms with Gasteiger partial charge < -0.3 is 5.32 Å². The lowest BCUT2D eigenvalue weighted by molar-refractivity contribution is -0.116. The molecule has 2 heterocycles. The van der Waals surface area contributed by atoms with Crippen LogP contribution in [-0.2, 0) is 21.2 Å². The van der Waals surface area contributed by atoms with Crippen molar-refractivity contribution in [2.75, 3.05) is 18.4 Å². The van der Waals surface area contributed by atoms with Crippen molar-refractivity contribution in [1.82, 2.24) is 4.31 Å². The van der Waals surface area contributed by atoms with Crippen molar-refractivity contribution in [3.63, 3.8) is 0 Å². The van der Waals surface area contributed by atoms with E-state index < -0.39 is 10.0 Å². The van der Waals surface area contributed by atoms with Crippen LogP contribution in [0.5, 0.6) is 0 Å². The first-order valence-corrected chi connectivity index (χ1v) is 12.4.